The summed E-state index contributed by atoms with van der Waals surface area (Å²) in [7, 11) is 1.84. The van der Waals surface area contributed by atoms with Gasteiger partial charge in [-0.15, -0.1) is 0 Å². The summed E-state index contributed by atoms with van der Waals surface area (Å²) in [5.41, 5.74) is 1.43. The predicted molar refractivity (Wildman–Crippen MR) is 70.9 cm³/mol. The molecule has 0 aromatic heterocycles. The van der Waals surface area contributed by atoms with Crippen LogP contribution in [0.2, 0.25) is 0 Å². The molecule has 1 saturated heterocycles. The number of benzene rings is 1. The highest BCUT2D eigenvalue weighted by atomic mass is 16.2. The predicted octanol–water partition coefficient (Wildman–Crippen LogP) is 1.56. The lowest BCUT2D eigenvalue weighted by molar-refractivity contribution is -0.128. The first kappa shape index (κ1) is 12.6. The average molecular weight is 246 g/mol. The molecule has 4 nitrogen and oxygen atoms in total. The van der Waals surface area contributed by atoms with Crippen molar-refractivity contribution in [2.24, 2.45) is 0 Å². The zero-order valence-corrected chi connectivity index (χ0v) is 10.6. The number of amides is 1. The van der Waals surface area contributed by atoms with E-state index in [1.54, 1.807) is 6.07 Å². The molecule has 1 heterocycles. The highest BCUT2D eigenvalue weighted by Gasteiger charge is 2.19. The van der Waals surface area contributed by atoms with Gasteiger partial charge in [-0.3, -0.25) is 9.59 Å². The van der Waals surface area contributed by atoms with E-state index in [-0.39, 0.29) is 5.91 Å². The summed E-state index contributed by atoms with van der Waals surface area (Å²) in [6.45, 7) is 2.05. The van der Waals surface area contributed by atoms with Gasteiger partial charge in [-0.1, -0.05) is 12.1 Å². The largest absolute Gasteiger partial charge is 0.365 e. The maximum atomic E-state index is 12.0. The standard InChI is InChI=1S/C14H18N2O2/c1-15(10-14(18)16-8-4-5-9-16)13-7-3-2-6-12(13)11-17/h2-3,6-7,11H,4-5,8-10H2,1H3. The van der Waals surface area contributed by atoms with E-state index < -0.39 is 0 Å². The second-order valence-electron chi connectivity index (χ2n) is 4.62. The number of nitrogens with zero attached hydrogens (tertiary/aromatic N) is 2. The molecule has 1 aromatic carbocycles. The number of likely N-dealkylation sites (tertiary alicyclic amines) is 1. The summed E-state index contributed by atoms with van der Waals surface area (Å²) in [5, 5.41) is 0. The summed E-state index contributed by atoms with van der Waals surface area (Å²) >= 11 is 0. The fourth-order valence-corrected chi connectivity index (χ4v) is 2.29. The van der Waals surface area contributed by atoms with Gasteiger partial charge in [0.05, 0.1) is 6.54 Å². The van der Waals surface area contributed by atoms with Crippen LogP contribution in [0.15, 0.2) is 24.3 Å². The fourth-order valence-electron chi connectivity index (χ4n) is 2.29. The molecular formula is C14H18N2O2. The van der Waals surface area contributed by atoms with Gasteiger partial charge in [0.15, 0.2) is 6.29 Å². The van der Waals surface area contributed by atoms with Crippen LogP contribution < -0.4 is 4.90 Å². The Kier molecular flexibility index (Phi) is 3.97. The molecule has 0 radical (unpaired) electrons. The molecule has 0 aliphatic carbocycles. The van der Waals surface area contributed by atoms with Gasteiger partial charge in [0.1, 0.15) is 0 Å². The zero-order valence-electron chi connectivity index (χ0n) is 10.6. The van der Waals surface area contributed by atoms with Crippen LogP contribution >= 0.6 is 0 Å². The van der Waals surface area contributed by atoms with Crippen LogP contribution in [0.25, 0.3) is 0 Å². The summed E-state index contributed by atoms with van der Waals surface area (Å²) in [6, 6.07) is 7.32. The third-order valence-corrected chi connectivity index (χ3v) is 3.31. The second-order valence-corrected chi connectivity index (χ2v) is 4.62. The second kappa shape index (κ2) is 5.67. The molecule has 96 valence electrons. The van der Waals surface area contributed by atoms with Gasteiger partial charge in [0, 0.05) is 31.4 Å². The third-order valence-electron chi connectivity index (χ3n) is 3.31. The van der Waals surface area contributed by atoms with Gasteiger partial charge >= 0.3 is 0 Å². The van der Waals surface area contributed by atoms with Crippen molar-refractivity contribution in [2.45, 2.75) is 12.8 Å². The maximum Gasteiger partial charge on any atom is 0.242 e. The van der Waals surface area contributed by atoms with Crippen molar-refractivity contribution in [3.63, 3.8) is 0 Å². The summed E-state index contributed by atoms with van der Waals surface area (Å²) < 4.78 is 0. The van der Waals surface area contributed by atoms with Crippen LogP contribution in [0.4, 0.5) is 5.69 Å². The fraction of sp³-hybridized carbons (Fsp3) is 0.429. The Labute approximate surface area is 107 Å². The summed E-state index contributed by atoms with van der Waals surface area (Å²) in [5.74, 6) is 0.135. The third kappa shape index (κ3) is 2.70. The van der Waals surface area contributed by atoms with Gasteiger partial charge in [0.25, 0.3) is 0 Å². The lowest BCUT2D eigenvalue weighted by Crippen LogP contribution is -2.37. The first-order valence-electron chi connectivity index (χ1n) is 6.25. The molecule has 1 amide bonds. The zero-order chi connectivity index (χ0) is 13.0. The van der Waals surface area contributed by atoms with E-state index in [4.69, 9.17) is 0 Å². The summed E-state index contributed by atoms with van der Waals surface area (Å²) in [4.78, 5) is 26.7. The molecule has 0 unspecified atom stereocenters. The van der Waals surface area contributed by atoms with E-state index >= 15 is 0 Å². The topological polar surface area (TPSA) is 40.6 Å². The first-order chi connectivity index (χ1) is 8.72. The van der Waals surface area contributed by atoms with Crippen LogP contribution in [0.5, 0.6) is 0 Å². The highest BCUT2D eigenvalue weighted by molar-refractivity contribution is 5.87. The van der Waals surface area contributed by atoms with Crippen molar-refractivity contribution in [1.82, 2.24) is 4.90 Å². The van der Waals surface area contributed by atoms with Crippen molar-refractivity contribution >= 4 is 17.9 Å². The smallest absolute Gasteiger partial charge is 0.242 e. The van der Waals surface area contributed by atoms with Crippen LogP contribution in [0.3, 0.4) is 0 Å². The first-order valence-corrected chi connectivity index (χ1v) is 6.25. The Morgan fingerprint density at radius 1 is 1.33 bits per heavy atom. The molecule has 0 atom stereocenters. The van der Waals surface area contributed by atoms with Gasteiger partial charge < -0.3 is 9.80 Å². The van der Waals surface area contributed by atoms with Crippen LogP contribution in [-0.4, -0.2) is 43.8 Å². The van der Waals surface area contributed by atoms with E-state index in [1.165, 1.54) is 0 Å². The monoisotopic (exact) mass is 246 g/mol. The summed E-state index contributed by atoms with van der Waals surface area (Å²) in [6.07, 6.45) is 3.02. The number of aldehydes is 1. The average Bonchev–Trinajstić information content (AvgIpc) is 2.92. The van der Waals surface area contributed by atoms with Crippen molar-refractivity contribution in [1.29, 1.82) is 0 Å². The Bertz CT molecular complexity index is 439. The Morgan fingerprint density at radius 3 is 2.67 bits per heavy atom. The van der Waals surface area contributed by atoms with E-state index in [1.807, 2.05) is 35.0 Å². The van der Waals surface area contributed by atoms with Crippen LogP contribution in [-0.2, 0) is 4.79 Å². The molecule has 0 saturated carbocycles. The Morgan fingerprint density at radius 2 is 2.00 bits per heavy atom. The number of anilines is 1. The molecule has 1 fully saturated rings. The number of para-hydroxylation sites is 1. The van der Waals surface area contributed by atoms with E-state index in [9.17, 15) is 9.59 Å². The number of carbonyl (C=O) groups excluding carboxylic acids is 2. The molecule has 0 N–H and O–H groups in total. The molecule has 1 aliphatic rings. The number of hydrogen-bond donors (Lipinski definition) is 0. The Balaban J connectivity index is 2.04. The lowest BCUT2D eigenvalue weighted by Gasteiger charge is -2.23. The van der Waals surface area contributed by atoms with Crippen molar-refractivity contribution in [3.05, 3.63) is 29.8 Å². The molecule has 0 bridgehead atoms. The SMILES string of the molecule is CN(CC(=O)N1CCCC1)c1ccccc1C=O. The van der Waals surface area contributed by atoms with Crippen molar-refractivity contribution < 1.29 is 9.59 Å². The molecule has 1 aliphatic heterocycles. The minimum Gasteiger partial charge on any atom is -0.365 e. The number of hydrogen-bond acceptors (Lipinski definition) is 3. The minimum absolute atomic E-state index is 0.135. The van der Waals surface area contributed by atoms with E-state index in [2.05, 4.69) is 0 Å². The minimum atomic E-state index is 0.135. The Hall–Kier alpha value is -1.84. The van der Waals surface area contributed by atoms with Gasteiger partial charge in [-0.05, 0) is 25.0 Å². The lowest BCUT2D eigenvalue weighted by atomic mass is 10.2. The van der Waals surface area contributed by atoms with Crippen LogP contribution in [0, 0.1) is 0 Å². The van der Waals surface area contributed by atoms with Gasteiger partial charge in [0.2, 0.25) is 5.91 Å². The molecular weight excluding hydrogens is 228 g/mol. The molecule has 1 aromatic rings. The normalized spacial score (nSPS) is 14.6. The molecule has 0 spiro atoms. The maximum absolute atomic E-state index is 12.0. The van der Waals surface area contributed by atoms with Gasteiger partial charge in [-0.25, -0.2) is 0 Å². The molecule has 18 heavy (non-hydrogen) atoms. The van der Waals surface area contributed by atoms with E-state index in [0.717, 1.165) is 37.9 Å². The number of likely N-dealkylation sites (N-methyl/N-ethyl adjacent to an activating group) is 1. The van der Waals surface area contributed by atoms with E-state index in [0.29, 0.717) is 12.1 Å². The number of carbonyl (C=O) groups is 2. The number of rotatable bonds is 4. The quantitative estimate of drug-likeness (QED) is 0.757. The van der Waals surface area contributed by atoms with Crippen molar-refractivity contribution in [2.75, 3.05) is 31.6 Å². The van der Waals surface area contributed by atoms with Crippen LogP contribution in [0.1, 0.15) is 23.2 Å². The van der Waals surface area contributed by atoms with Gasteiger partial charge in [-0.2, -0.15) is 0 Å². The molecule has 4 heteroatoms. The van der Waals surface area contributed by atoms with Crippen molar-refractivity contribution in [3.8, 4) is 0 Å². The highest BCUT2D eigenvalue weighted by Crippen LogP contribution is 2.17. The molecule has 2 rings (SSSR count).